The minimum Gasteiger partial charge on any atom is -0.459 e. The molecule has 1 N–H and O–H groups in total. The number of nitrogens with zero attached hydrogens (tertiary/aromatic N) is 2. The van der Waals surface area contributed by atoms with Crippen LogP contribution in [0.15, 0.2) is 72.9 Å². The van der Waals surface area contributed by atoms with Gasteiger partial charge in [-0.25, -0.2) is 9.78 Å². The number of hydrogen-bond acceptors (Lipinski definition) is 6. The number of benzene rings is 2. The van der Waals surface area contributed by atoms with Gasteiger partial charge in [-0.15, -0.1) is 0 Å². The van der Waals surface area contributed by atoms with Crippen LogP contribution in [0.3, 0.4) is 0 Å². The van der Waals surface area contributed by atoms with Gasteiger partial charge in [0.2, 0.25) is 0 Å². The fourth-order valence-electron chi connectivity index (χ4n) is 4.08. The van der Waals surface area contributed by atoms with Crippen molar-refractivity contribution in [3.63, 3.8) is 0 Å². The Bertz CT molecular complexity index is 1050. The van der Waals surface area contributed by atoms with Crippen LogP contribution in [-0.2, 0) is 11.3 Å². The minimum absolute atomic E-state index is 0.170. The van der Waals surface area contributed by atoms with Crippen LogP contribution in [0.5, 0.6) is 11.5 Å². The second-order valence-corrected chi connectivity index (χ2v) is 8.66. The van der Waals surface area contributed by atoms with Crippen LogP contribution in [0.4, 0.5) is 5.82 Å². The number of rotatable bonds is 8. The van der Waals surface area contributed by atoms with Crippen molar-refractivity contribution in [3.8, 4) is 11.5 Å². The number of hydrogen-bond donors (Lipinski definition) is 1. The van der Waals surface area contributed by atoms with Crippen molar-refractivity contribution < 1.29 is 14.3 Å². The normalized spacial score (nSPS) is 18.3. The average Bonchev–Trinajstić information content (AvgIpc) is 3.14. The Hall–Kier alpha value is -3.38. The lowest BCUT2D eigenvalue weighted by Crippen LogP contribution is -2.36. The van der Waals surface area contributed by atoms with Crippen molar-refractivity contribution in [2.45, 2.75) is 51.9 Å². The van der Waals surface area contributed by atoms with Gasteiger partial charge in [0.1, 0.15) is 22.9 Å². The lowest BCUT2D eigenvalue weighted by Gasteiger charge is -2.26. The van der Waals surface area contributed by atoms with Crippen molar-refractivity contribution in [3.05, 3.63) is 84.1 Å². The average molecular weight is 446 g/mol. The summed E-state index contributed by atoms with van der Waals surface area (Å²) in [4.78, 5) is 19.3. The molecule has 0 radical (unpaired) electrons. The first-order chi connectivity index (χ1) is 16.0. The number of likely N-dealkylation sites (tertiary alicyclic amines) is 1. The van der Waals surface area contributed by atoms with Gasteiger partial charge in [0.15, 0.2) is 0 Å². The summed E-state index contributed by atoms with van der Waals surface area (Å²) >= 11 is 0. The molecule has 2 aromatic carbocycles. The van der Waals surface area contributed by atoms with Crippen LogP contribution < -0.4 is 10.1 Å². The molecular weight excluding hydrogens is 414 g/mol. The Morgan fingerprint density at radius 2 is 1.79 bits per heavy atom. The first-order valence-corrected chi connectivity index (χ1v) is 11.5. The summed E-state index contributed by atoms with van der Waals surface area (Å²) in [5.41, 5.74) is 1.72. The molecule has 172 valence electrons. The zero-order chi connectivity index (χ0) is 23.2. The number of nitrogens with one attached hydrogen (secondary N) is 1. The molecule has 0 aliphatic carbocycles. The Kier molecular flexibility index (Phi) is 7.25. The summed E-state index contributed by atoms with van der Waals surface area (Å²) in [6, 6.07) is 22.1. The largest absolute Gasteiger partial charge is 0.459 e. The van der Waals surface area contributed by atoms with E-state index in [9.17, 15) is 4.79 Å². The topological polar surface area (TPSA) is 63.7 Å². The summed E-state index contributed by atoms with van der Waals surface area (Å²) in [7, 11) is 0. The Balaban J connectivity index is 1.36. The van der Waals surface area contributed by atoms with Crippen LogP contribution in [0.2, 0.25) is 0 Å². The summed E-state index contributed by atoms with van der Waals surface area (Å²) in [5, 5.41) is 3.49. The van der Waals surface area contributed by atoms with E-state index < -0.39 is 0 Å². The van der Waals surface area contributed by atoms with E-state index in [1.807, 2.05) is 56.3 Å². The highest BCUT2D eigenvalue weighted by molar-refractivity contribution is 5.94. The fraction of sp³-hybridized carbons (Fsp3) is 0.333. The lowest BCUT2D eigenvalue weighted by molar-refractivity contribution is 0.0378. The molecular formula is C27H31N3O3. The van der Waals surface area contributed by atoms with E-state index in [0.717, 1.165) is 31.0 Å². The third-order valence-corrected chi connectivity index (χ3v) is 5.87. The predicted octanol–water partition coefficient (Wildman–Crippen LogP) is 5.51. The first-order valence-electron chi connectivity index (χ1n) is 11.5. The molecule has 1 fully saturated rings. The van der Waals surface area contributed by atoms with Gasteiger partial charge in [0.05, 0.1) is 6.10 Å². The molecule has 1 saturated heterocycles. The zero-order valence-corrected chi connectivity index (χ0v) is 19.4. The molecule has 0 bridgehead atoms. The number of ether oxygens (including phenoxy) is 2. The van der Waals surface area contributed by atoms with Crippen molar-refractivity contribution in [1.29, 1.82) is 0 Å². The van der Waals surface area contributed by atoms with Crippen molar-refractivity contribution in [2.75, 3.05) is 11.9 Å². The van der Waals surface area contributed by atoms with Gasteiger partial charge in [0, 0.05) is 31.4 Å². The second-order valence-electron chi connectivity index (χ2n) is 8.66. The highest BCUT2D eigenvalue weighted by Gasteiger charge is 2.31. The number of carbonyl (C=O) groups is 1. The maximum atomic E-state index is 12.5. The maximum Gasteiger partial charge on any atom is 0.342 e. The smallest absolute Gasteiger partial charge is 0.342 e. The number of para-hydroxylation sites is 1. The molecule has 2 heterocycles. The summed E-state index contributed by atoms with van der Waals surface area (Å²) in [6.45, 7) is 7.74. The van der Waals surface area contributed by atoms with Crippen LogP contribution in [0.1, 0.15) is 43.1 Å². The van der Waals surface area contributed by atoms with Crippen molar-refractivity contribution in [2.24, 2.45) is 0 Å². The highest BCUT2D eigenvalue weighted by atomic mass is 16.5. The summed E-state index contributed by atoms with van der Waals surface area (Å²) in [5.74, 6) is 1.90. The van der Waals surface area contributed by atoms with Crippen molar-refractivity contribution in [1.82, 2.24) is 9.88 Å². The van der Waals surface area contributed by atoms with E-state index >= 15 is 0 Å². The van der Waals surface area contributed by atoms with E-state index in [4.69, 9.17) is 9.47 Å². The number of esters is 1. The van der Waals surface area contributed by atoms with E-state index in [0.29, 0.717) is 17.4 Å². The Morgan fingerprint density at radius 1 is 1.06 bits per heavy atom. The van der Waals surface area contributed by atoms with Gasteiger partial charge in [-0.05, 0) is 69.2 Å². The van der Waals surface area contributed by atoms with E-state index in [-0.39, 0.29) is 18.1 Å². The van der Waals surface area contributed by atoms with Gasteiger partial charge in [-0.2, -0.15) is 0 Å². The standard InChI is InChI=1S/C27H31N3O3/c1-19(2)32-27(31)24-10-7-16-28-26(24)29-25-15-17-30(20(25)3)18-21-11-13-23(14-12-21)33-22-8-5-4-6-9-22/h4-14,16,19-20,25H,15,17-18H2,1-3H3,(H,28,29)/t20?,25-/m1/s1. The zero-order valence-electron chi connectivity index (χ0n) is 19.4. The molecule has 3 aromatic rings. The molecule has 0 amide bonds. The molecule has 1 aliphatic rings. The van der Waals surface area contributed by atoms with Gasteiger partial charge in [-0.1, -0.05) is 30.3 Å². The maximum absolute atomic E-state index is 12.5. The molecule has 1 aliphatic heterocycles. The van der Waals surface area contributed by atoms with E-state index in [2.05, 4.69) is 34.3 Å². The molecule has 6 nitrogen and oxygen atoms in total. The van der Waals surface area contributed by atoms with Crippen molar-refractivity contribution >= 4 is 11.8 Å². The Labute approximate surface area is 195 Å². The Morgan fingerprint density at radius 3 is 2.52 bits per heavy atom. The number of pyridine rings is 1. The number of carbonyl (C=O) groups excluding carboxylic acids is 1. The van der Waals surface area contributed by atoms with E-state index in [1.54, 1.807) is 18.3 Å². The second kappa shape index (κ2) is 10.5. The highest BCUT2D eigenvalue weighted by Crippen LogP contribution is 2.26. The molecule has 33 heavy (non-hydrogen) atoms. The molecule has 0 spiro atoms. The minimum atomic E-state index is -0.346. The van der Waals surface area contributed by atoms with Crippen LogP contribution >= 0.6 is 0 Å². The molecule has 1 aromatic heterocycles. The van der Waals surface area contributed by atoms with Gasteiger partial charge < -0.3 is 14.8 Å². The summed E-state index contributed by atoms with van der Waals surface area (Å²) in [6.07, 6.45) is 2.51. The van der Waals surface area contributed by atoms with Crippen LogP contribution in [0.25, 0.3) is 0 Å². The number of anilines is 1. The fourth-order valence-corrected chi connectivity index (χ4v) is 4.08. The molecule has 6 heteroatoms. The number of aromatic nitrogens is 1. The monoisotopic (exact) mass is 445 g/mol. The van der Waals surface area contributed by atoms with E-state index in [1.165, 1.54) is 5.56 Å². The third-order valence-electron chi connectivity index (χ3n) is 5.87. The molecule has 0 saturated carbocycles. The molecule has 2 atom stereocenters. The first kappa shape index (κ1) is 22.8. The van der Waals surface area contributed by atoms with Crippen LogP contribution in [0, 0.1) is 0 Å². The predicted molar refractivity (Wildman–Crippen MR) is 130 cm³/mol. The molecule has 1 unspecified atom stereocenters. The lowest BCUT2D eigenvalue weighted by atomic mass is 10.1. The SMILES string of the molecule is CC(C)OC(=O)c1cccnc1N[C@@H]1CCN(Cc2ccc(Oc3ccccc3)cc2)C1C. The van der Waals surface area contributed by atoms with Gasteiger partial charge in [0.25, 0.3) is 0 Å². The van der Waals surface area contributed by atoms with Gasteiger partial charge in [-0.3, -0.25) is 4.90 Å². The third kappa shape index (κ3) is 5.90. The summed E-state index contributed by atoms with van der Waals surface area (Å²) < 4.78 is 11.3. The quantitative estimate of drug-likeness (QED) is 0.461. The van der Waals surface area contributed by atoms with Crippen LogP contribution in [-0.4, -0.2) is 40.6 Å². The van der Waals surface area contributed by atoms with Gasteiger partial charge >= 0.3 is 5.97 Å². The molecule has 4 rings (SSSR count).